The Bertz CT molecular complexity index is 490. The van der Waals surface area contributed by atoms with Gasteiger partial charge in [0.2, 0.25) is 5.60 Å². The third kappa shape index (κ3) is 1.57. The average Bonchev–Trinajstić information content (AvgIpc) is 3.29. The van der Waals surface area contributed by atoms with Crippen LogP contribution in [0.1, 0.15) is 38.4 Å². The van der Waals surface area contributed by atoms with E-state index in [1.807, 2.05) is 30.3 Å². The molecule has 3 heteroatoms. The van der Waals surface area contributed by atoms with Crippen molar-refractivity contribution < 1.29 is 14.3 Å². The summed E-state index contributed by atoms with van der Waals surface area (Å²) in [4.78, 5) is 12.3. The number of benzene rings is 1. The Morgan fingerprint density at radius 2 is 1.95 bits per heavy atom. The Balaban J connectivity index is 1.97. The van der Waals surface area contributed by atoms with E-state index in [2.05, 4.69) is 13.8 Å². The number of carbonyl (C=O) groups excluding carboxylic acids is 1. The molecule has 0 radical (unpaired) electrons. The van der Waals surface area contributed by atoms with Gasteiger partial charge in [0.15, 0.2) is 0 Å². The molecule has 1 aliphatic heterocycles. The fraction of sp³-hybridized carbons (Fsp3) is 0.562. The van der Waals surface area contributed by atoms with Crippen LogP contribution < -0.4 is 0 Å². The van der Waals surface area contributed by atoms with E-state index >= 15 is 0 Å². The van der Waals surface area contributed by atoms with E-state index in [-0.39, 0.29) is 17.5 Å². The molecule has 0 bridgehead atoms. The maximum absolute atomic E-state index is 12.3. The number of rotatable bonds is 4. The van der Waals surface area contributed by atoms with Crippen molar-refractivity contribution in [2.24, 2.45) is 11.3 Å². The molecule has 1 aromatic rings. The van der Waals surface area contributed by atoms with Crippen molar-refractivity contribution >= 4 is 5.97 Å². The van der Waals surface area contributed by atoms with E-state index < -0.39 is 5.60 Å². The Hall–Kier alpha value is -1.35. The maximum Gasteiger partial charge on any atom is 0.341 e. The zero-order chi connectivity index (χ0) is 13.7. The van der Waals surface area contributed by atoms with Gasteiger partial charge in [0.05, 0.1) is 7.11 Å². The molecule has 3 nitrogen and oxygen atoms in total. The number of carbonyl (C=O) groups is 1. The standard InChI is InChI=1S/C16H20O3/c1-11(2)15(9-10-15)16(14(17)18-3)13(19-16)12-7-5-4-6-8-12/h4-8,11,13H,9-10H2,1-3H3/t13-,16-/m1/s1. The summed E-state index contributed by atoms with van der Waals surface area (Å²) in [7, 11) is 1.45. The van der Waals surface area contributed by atoms with Gasteiger partial charge in [0.25, 0.3) is 0 Å². The van der Waals surface area contributed by atoms with Gasteiger partial charge in [-0.05, 0) is 24.3 Å². The van der Waals surface area contributed by atoms with Crippen LogP contribution in [0, 0.1) is 11.3 Å². The highest BCUT2D eigenvalue weighted by atomic mass is 16.7. The van der Waals surface area contributed by atoms with E-state index in [1.165, 1.54) is 7.11 Å². The molecule has 2 aliphatic rings. The molecule has 1 saturated heterocycles. The van der Waals surface area contributed by atoms with Crippen LogP contribution in [0.25, 0.3) is 0 Å². The lowest BCUT2D eigenvalue weighted by Gasteiger charge is -2.26. The Morgan fingerprint density at radius 1 is 1.32 bits per heavy atom. The second-order valence-electron chi connectivity index (χ2n) is 5.95. The number of esters is 1. The number of hydrogen-bond acceptors (Lipinski definition) is 3. The monoisotopic (exact) mass is 260 g/mol. The lowest BCUT2D eigenvalue weighted by atomic mass is 9.76. The molecule has 1 aliphatic carbocycles. The molecular formula is C16H20O3. The van der Waals surface area contributed by atoms with Gasteiger partial charge >= 0.3 is 5.97 Å². The Kier molecular flexibility index (Phi) is 2.72. The summed E-state index contributed by atoms with van der Waals surface area (Å²) in [6.45, 7) is 4.34. The SMILES string of the molecule is COC(=O)[C@]1(C2(C(C)C)CC2)O[C@@H]1c1ccccc1. The molecule has 0 N–H and O–H groups in total. The Labute approximate surface area is 113 Å². The van der Waals surface area contributed by atoms with Crippen LogP contribution >= 0.6 is 0 Å². The molecule has 0 amide bonds. The predicted molar refractivity (Wildman–Crippen MR) is 71.5 cm³/mol. The van der Waals surface area contributed by atoms with Gasteiger partial charge in [0, 0.05) is 5.41 Å². The van der Waals surface area contributed by atoms with Crippen molar-refractivity contribution in [2.75, 3.05) is 7.11 Å². The molecule has 0 spiro atoms. The van der Waals surface area contributed by atoms with Gasteiger partial charge in [-0.3, -0.25) is 0 Å². The number of epoxide rings is 1. The normalized spacial score (nSPS) is 31.1. The molecule has 3 rings (SSSR count). The molecule has 1 heterocycles. The third-order valence-electron chi connectivity index (χ3n) is 4.84. The average molecular weight is 260 g/mol. The number of ether oxygens (including phenoxy) is 2. The van der Waals surface area contributed by atoms with Crippen LogP contribution in [0.5, 0.6) is 0 Å². The van der Waals surface area contributed by atoms with Crippen LogP contribution in [-0.4, -0.2) is 18.7 Å². The van der Waals surface area contributed by atoms with Crippen molar-refractivity contribution in [3.63, 3.8) is 0 Å². The lowest BCUT2D eigenvalue weighted by molar-refractivity contribution is -0.151. The summed E-state index contributed by atoms with van der Waals surface area (Å²) in [5, 5.41) is 0. The molecule has 102 valence electrons. The van der Waals surface area contributed by atoms with Crippen LogP contribution in [-0.2, 0) is 14.3 Å². The lowest BCUT2D eigenvalue weighted by Crippen LogP contribution is -2.40. The first-order chi connectivity index (χ1) is 9.08. The summed E-state index contributed by atoms with van der Waals surface area (Å²) in [6, 6.07) is 9.97. The second-order valence-corrected chi connectivity index (χ2v) is 5.95. The molecule has 1 aromatic carbocycles. The van der Waals surface area contributed by atoms with E-state index in [4.69, 9.17) is 9.47 Å². The van der Waals surface area contributed by atoms with Gasteiger partial charge in [-0.25, -0.2) is 4.79 Å². The quantitative estimate of drug-likeness (QED) is 0.617. The maximum atomic E-state index is 12.3. The van der Waals surface area contributed by atoms with Crippen LogP contribution in [0.4, 0.5) is 0 Å². The van der Waals surface area contributed by atoms with Crippen molar-refractivity contribution in [3.8, 4) is 0 Å². The summed E-state index contributed by atoms with van der Waals surface area (Å²) >= 11 is 0. The van der Waals surface area contributed by atoms with Crippen LogP contribution in [0.2, 0.25) is 0 Å². The zero-order valence-electron chi connectivity index (χ0n) is 11.7. The van der Waals surface area contributed by atoms with E-state index in [1.54, 1.807) is 0 Å². The molecule has 2 fully saturated rings. The van der Waals surface area contributed by atoms with E-state index in [0.717, 1.165) is 18.4 Å². The summed E-state index contributed by atoms with van der Waals surface area (Å²) < 4.78 is 11.0. The van der Waals surface area contributed by atoms with Crippen LogP contribution in [0.15, 0.2) is 30.3 Å². The Morgan fingerprint density at radius 3 is 2.42 bits per heavy atom. The van der Waals surface area contributed by atoms with Crippen molar-refractivity contribution in [1.29, 1.82) is 0 Å². The molecule has 0 unspecified atom stereocenters. The zero-order valence-corrected chi connectivity index (χ0v) is 11.7. The van der Waals surface area contributed by atoms with Crippen LogP contribution in [0.3, 0.4) is 0 Å². The molecule has 2 atom stereocenters. The smallest absolute Gasteiger partial charge is 0.341 e. The first-order valence-corrected chi connectivity index (χ1v) is 6.89. The topological polar surface area (TPSA) is 38.8 Å². The van der Waals surface area contributed by atoms with Gasteiger partial charge in [-0.1, -0.05) is 44.2 Å². The van der Waals surface area contributed by atoms with Crippen molar-refractivity contribution in [1.82, 2.24) is 0 Å². The highest BCUT2D eigenvalue weighted by Gasteiger charge is 2.79. The fourth-order valence-electron chi connectivity index (χ4n) is 3.48. The minimum absolute atomic E-state index is 0.0411. The molecular weight excluding hydrogens is 240 g/mol. The minimum atomic E-state index is -0.753. The predicted octanol–water partition coefficient (Wildman–Crippen LogP) is 3.11. The third-order valence-corrected chi connectivity index (χ3v) is 4.84. The highest BCUT2D eigenvalue weighted by Crippen LogP contribution is 2.72. The first-order valence-electron chi connectivity index (χ1n) is 6.89. The molecule has 1 saturated carbocycles. The van der Waals surface area contributed by atoms with Gasteiger partial charge in [0.1, 0.15) is 6.10 Å². The van der Waals surface area contributed by atoms with Crippen molar-refractivity contribution in [2.45, 2.75) is 38.4 Å². The van der Waals surface area contributed by atoms with Gasteiger partial charge in [-0.2, -0.15) is 0 Å². The molecule has 19 heavy (non-hydrogen) atoms. The summed E-state index contributed by atoms with van der Waals surface area (Å²) in [5.74, 6) is 0.202. The van der Waals surface area contributed by atoms with E-state index in [9.17, 15) is 4.79 Å². The first kappa shape index (κ1) is 12.7. The number of methoxy groups -OCH3 is 1. The summed E-state index contributed by atoms with van der Waals surface area (Å²) in [5.41, 5.74) is 0.276. The van der Waals surface area contributed by atoms with Gasteiger partial charge < -0.3 is 9.47 Å². The van der Waals surface area contributed by atoms with E-state index in [0.29, 0.717) is 5.92 Å². The minimum Gasteiger partial charge on any atom is -0.467 e. The van der Waals surface area contributed by atoms with Crippen molar-refractivity contribution in [3.05, 3.63) is 35.9 Å². The number of hydrogen-bond donors (Lipinski definition) is 0. The summed E-state index contributed by atoms with van der Waals surface area (Å²) in [6.07, 6.45) is 1.94. The highest BCUT2D eigenvalue weighted by molar-refractivity contribution is 5.86. The molecule has 0 aromatic heterocycles. The van der Waals surface area contributed by atoms with Gasteiger partial charge in [-0.15, -0.1) is 0 Å². The fourth-order valence-corrected chi connectivity index (χ4v) is 3.48. The largest absolute Gasteiger partial charge is 0.467 e. The second kappa shape index (κ2) is 4.07.